The molecule has 0 saturated carbocycles. The van der Waals surface area contributed by atoms with Crippen molar-refractivity contribution in [3.05, 3.63) is 52.2 Å². The Morgan fingerprint density at radius 3 is 2.59 bits per heavy atom. The minimum absolute atomic E-state index is 0.220. The largest absolute Gasteiger partial charge is 0.493 e. The van der Waals surface area contributed by atoms with Crippen molar-refractivity contribution in [1.82, 2.24) is 0 Å². The number of carbonyl (C=O) groups is 2. The molecule has 0 unspecified atom stereocenters. The van der Waals surface area contributed by atoms with Gasteiger partial charge in [0.25, 0.3) is 0 Å². The molecule has 27 heavy (non-hydrogen) atoms. The van der Waals surface area contributed by atoms with Crippen LogP contribution in [0.5, 0.6) is 11.5 Å². The highest BCUT2D eigenvalue weighted by Crippen LogP contribution is 2.43. The number of carbonyl (C=O) groups excluding carboxylic acids is 2. The Kier molecular flexibility index (Phi) is 5.96. The molecule has 1 aromatic heterocycles. The summed E-state index contributed by atoms with van der Waals surface area (Å²) in [4.78, 5) is 26.4. The predicted octanol–water partition coefficient (Wildman–Crippen LogP) is 4.08. The standard InChI is InChI=1S/C21H22O5S/c1-4-26-21(23)20-15(13-7-8-17(24-2)18(12-13)25-3)10-14(11-16(20)22)19-6-5-9-27-19/h5-9,11-12,15,20H,4,10H2,1-3H3/t15-,20+/m0/s1. The van der Waals surface area contributed by atoms with Crippen LogP contribution < -0.4 is 9.47 Å². The summed E-state index contributed by atoms with van der Waals surface area (Å²) in [6, 6.07) is 9.45. The van der Waals surface area contributed by atoms with Crippen LogP contribution in [-0.4, -0.2) is 32.6 Å². The first-order chi connectivity index (χ1) is 13.1. The number of allylic oxidation sites excluding steroid dienone is 2. The van der Waals surface area contributed by atoms with Crippen molar-refractivity contribution in [2.45, 2.75) is 19.3 Å². The Balaban J connectivity index is 2.04. The summed E-state index contributed by atoms with van der Waals surface area (Å²) in [6.45, 7) is 1.98. The summed E-state index contributed by atoms with van der Waals surface area (Å²) in [6.07, 6.45) is 2.16. The predicted molar refractivity (Wildman–Crippen MR) is 104 cm³/mol. The highest BCUT2D eigenvalue weighted by molar-refractivity contribution is 7.11. The molecule has 0 fully saturated rings. The molecule has 1 aliphatic rings. The minimum Gasteiger partial charge on any atom is -0.493 e. The topological polar surface area (TPSA) is 61.8 Å². The number of esters is 1. The van der Waals surface area contributed by atoms with Crippen LogP contribution in [0.3, 0.4) is 0 Å². The number of methoxy groups -OCH3 is 2. The first-order valence-electron chi connectivity index (χ1n) is 8.75. The molecule has 0 N–H and O–H groups in total. The van der Waals surface area contributed by atoms with Gasteiger partial charge in [0.2, 0.25) is 0 Å². The van der Waals surface area contributed by atoms with Crippen LogP contribution in [0.25, 0.3) is 5.57 Å². The average molecular weight is 386 g/mol. The third-order valence-corrected chi connectivity index (χ3v) is 5.62. The normalized spacial score (nSPS) is 19.4. The molecule has 1 aliphatic carbocycles. The fourth-order valence-electron chi connectivity index (χ4n) is 3.41. The van der Waals surface area contributed by atoms with Gasteiger partial charge in [-0.1, -0.05) is 12.1 Å². The number of ether oxygens (including phenoxy) is 3. The lowest BCUT2D eigenvalue weighted by Crippen LogP contribution is -2.33. The monoisotopic (exact) mass is 386 g/mol. The smallest absolute Gasteiger partial charge is 0.317 e. The van der Waals surface area contributed by atoms with E-state index in [-0.39, 0.29) is 18.3 Å². The zero-order valence-electron chi connectivity index (χ0n) is 15.6. The maximum Gasteiger partial charge on any atom is 0.317 e. The Morgan fingerprint density at radius 2 is 1.96 bits per heavy atom. The van der Waals surface area contributed by atoms with Crippen LogP contribution in [0.1, 0.15) is 29.7 Å². The Bertz CT molecular complexity index is 853. The van der Waals surface area contributed by atoms with E-state index in [1.807, 2.05) is 29.6 Å². The molecule has 0 aliphatic heterocycles. The van der Waals surface area contributed by atoms with Crippen molar-refractivity contribution in [3.8, 4) is 11.5 Å². The lowest BCUT2D eigenvalue weighted by atomic mass is 9.74. The lowest BCUT2D eigenvalue weighted by Gasteiger charge is -2.29. The number of thiophene rings is 1. The molecule has 3 rings (SSSR count). The molecular formula is C21H22O5S. The molecule has 0 bridgehead atoms. The van der Waals surface area contributed by atoms with Crippen LogP contribution in [0.4, 0.5) is 0 Å². The molecule has 2 aromatic rings. The summed E-state index contributed by atoms with van der Waals surface area (Å²) >= 11 is 1.58. The van der Waals surface area contributed by atoms with Crippen molar-refractivity contribution in [3.63, 3.8) is 0 Å². The van der Waals surface area contributed by atoms with E-state index in [0.29, 0.717) is 17.9 Å². The van der Waals surface area contributed by atoms with Crippen LogP contribution in [0.2, 0.25) is 0 Å². The van der Waals surface area contributed by atoms with E-state index < -0.39 is 11.9 Å². The fraction of sp³-hybridized carbons (Fsp3) is 0.333. The van der Waals surface area contributed by atoms with Crippen molar-refractivity contribution in [2.75, 3.05) is 20.8 Å². The van der Waals surface area contributed by atoms with Crippen molar-refractivity contribution in [1.29, 1.82) is 0 Å². The number of rotatable bonds is 6. The van der Waals surface area contributed by atoms with Gasteiger partial charge in [-0.25, -0.2) is 0 Å². The van der Waals surface area contributed by atoms with Gasteiger partial charge in [0.15, 0.2) is 17.3 Å². The van der Waals surface area contributed by atoms with E-state index in [1.54, 1.807) is 44.6 Å². The summed E-state index contributed by atoms with van der Waals surface area (Å²) in [7, 11) is 3.13. The molecule has 1 aromatic carbocycles. The Labute approximate surface area is 162 Å². The number of benzene rings is 1. The van der Waals surface area contributed by atoms with Gasteiger partial charge >= 0.3 is 5.97 Å². The Hall–Kier alpha value is -2.60. The van der Waals surface area contributed by atoms with Gasteiger partial charge in [-0.3, -0.25) is 9.59 Å². The fourth-order valence-corrected chi connectivity index (χ4v) is 4.17. The second kappa shape index (κ2) is 8.39. The molecule has 0 amide bonds. The van der Waals surface area contributed by atoms with Gasteiger partial charge in [0, 0.05) is 10.8 Å². The van der Waals surface area contributed by atoms with E-state index in [0.717, 1.165) is 16.0 Å². The van der Waals surface area contributed by atoms with Gasteiger partial charge in [-0.2, -0.15) is 0 Å². The zero-order chi connectivity index (χ0) is 19.4. The quantitative estimate of drug-likeness (QED) is 0.553. The second-order valence-electron chi connectivity index (χ2n) is 6.20. The molecule has 0 radical (unpaired) electrons. The minimum atomic E-state index is -0.855. The van der Waals surface area contributed by atoms with Gasteiger partial charge in [-0.15, -0.1) is 11.3 Å². The second-order valence-corrected chi connectivity index (χ2v) is 7.15. The van der Waals surface area contributed by atoms with Crippen LogP contribution in [0.15, 0.2) is 41.8 Å². The highest BCUT2D eigenvalue weighted by atomic mass is 32.1. The van der Waals surface area contributed by atoms with E-state index in [4.69, 9.17) is 14.2 Å². The third-order valence-electron chi connectivity index (χ3n) is 4.68. The van der Waals surface area contributed by atoms with Crippen LogP contribution in [0, 0.1) is 5.92 Å². The molecular weight excluding hydrogens is 364 g/mol. The zero-order valence-corrected chi connectivity index (χ0v) is 16.4. The first-order valence-corrected chi connectivity index (χ1v) is 9.63. The molecule has 0 saturated heterocycles. The molecule has 142 valence electrons. The first kappa shape index (κ1) is 19.2. The number of ketones is 1. The summed E-state index contributed by atoms with van der Waals surface area (Å²) < 4.78 is 15.9. The molecule has 5 nitrogen and oxygen atoms in total. The van der Waals surface area contributed by atoms with Crippen molar-refractivity contribution >= 4 is 28.7 Å². The highest BCUT2D eigenvalue weighted by Gasteiger charge is 2.40. The Morgan fingerprint density at radius 1 is 1.19 bits per heavy atom. The third kappa shape index (κ3) is 3.90. The summed E-state index contributed by atoms with van der Waals surface area (Å²) in [5, 5.41) is 1.98. The summed E-state index contributed by atoms with van der Waals surface area (Å²) in [5.41, 5.74) is 1.79. The molecule has 1 heterocycles. The van der Waals surface area contributed by atoms with Gasteiger partial charge < -0.3 is 14.2 Å². The molecule has 0 spiro atoms. The van der Waals surface area contributed by atoms with Gasteiger partial charge in [0.05, 0.1) is 20.8 Å². The van der Waals surface area contributed by atoms with Gasteiger partial charge in [-0.05, 0) is 54.1 Å². The van der Waals surface area contributed by atoms with E-state index >= 15 is 0 Å². The summed E-state index contributed by atoms with van der Waals surface area (Å²) in [5.74, 6) is -0.709. The van der Waals surface area contributed by atoms with Gasteiger partial charge in [0.1, 0.15) is 5.92 Å². The van der Waals surface area contributed by atoms with Crippen LogP contribution in [-0.2, 0) is 14.3 Å². The van der Waals surface area contributed by atoms with E-state index in [9.17, 15) is 9.59 Å². The number of hydrogen-bond donors (Lipinski definition) is 0. The van der Waals surface area contributed by atoms with Crippen molar-refractivity contribution < 1.29 is 23.8 Å². The lowest BCUT2D eigenvalue weighted by molar-refractivity contribution is -0.151. The maximum atomic E-state index is 12.8. The number of hydrogen-bond acceptors (Lipinski definition) is 6. The van der Waals surface area contributed by atoms with E-state index in [1.165, 1.54) is 0 Å². The van der Waals surface area contributed by atoms with Crippen LogP contribution >= 0.6 is 11.3 Å². The molecule has 2 atom stereocenters. The molecule has 6 heteroatoms. The SMILES string of the molecule is CCOC(=O)[C@H]1C(=O)C=C(c2cccs2)C[C@H]1c1ccc(OC)c(OC)c1. The average Bonchev–Trinajstić information content (AvgIpc) is 3.21. The maximum absolute atomic E-state index is 12.8. The van der Waals surface area contributed by atoms with Crippen molar-refractivity contribution in [2.24, 2.45) is 5.92 Å². The van der Waals surface area contributed by atoms with E-state index in [2.05, 4.69) is 0 Å².